The molecule has 9 heteroatoms. The first-order chi connectivity index (χ1) is 24.9. The number of carbonyl (C=O) groups is 1. The normalized spacial score (nSPS) is 13.5. The molecular formula is C43H52F2O7. The van der Waals surface area contributed by atoms with Crippen LogP contribution in [0.15, 0.2) is 60.7 Å². The van der Waals surface area contributed by atoms with Crippen LogP contribution in [0.4, 0.5) is 8.78 Å². The summed E-state index contributed by atoms with van der Waals surface area (Å²) in [5.41, 5.74) is 5.09. The fourth-order valence-corrected chi connectivity index (χ4v) is 6.82. The van der Waals surface area contributed by atoms with Gasteiger partial charge < -0.3 is 28.4 Å². The molecule has 52 heavy (non-hydrogen) atoms. The van der Waals surface area contributed by atoms with E-state index in [1.54, 1.807) is 52.7 Å². The molecule has 7 nitrogen and oxygen atoms in total. The number of methoxy groups -OCH3 is 4. The van der Waals surface area contributed by atoms with E-state index in [0.717, 1.165) is 22.3 Å². The number of carbonyl (C=O) groups excluding carboxylic acids is 1. The lowest BCUT2D eigenvalue weighted by Gasteiger charge is -2.26. The van der Waals surface area contributed by atoms with Crippen LogP contribution in [0.5, 0.6) is 34.5 Å². The van der Waals surface area contributed by atoms with E-state index >= 15 is 0 Å². The number of aryl methyl sites for hydroxylation is 2. The fraction of sp³-hybridized carbons (Fsp3) is 0.419. The SMILES string of the molecule is COc1cc(C)c(C(C)C(=O)C(C)c2c(C)cc(OC)c(OCCC(C)c3ccc(F)cc3)c2OC)c(OC)c1OCCC(C)c1ccc(F)cc1. The molecule has 0 saturated heterocycles. The molecule has 4 aromatic rings. The first-order valence-electron chi connectivity index (χ1n) is 17.7. The summed E-state index contributed by atoms with van der Waals surface area (Å²) < 4.78 is 62.9. The summed E-state index contributed by atoms with van der Waals surface area (Å²) >= 11 is 0. The number of halogens is 2. The van der Waals surface area contributed by atoms with Crippen LogP contribution in [0.1, 0.15) is 97.6 Å². The molecule has 4 rings (SSSR count). The Morgan fingerprint density at radius 2 is 0.904 bits per heavy atom. The Kier molecular flexibility index (Phi) is 13.9. The van der Waals surface area contributed by atoms with Crippen molar-refractivity contribution in [1.82, 2.24) is 0 Å². The van der Waals surface area contributed by atoms with Gasteiger partial charge in [-0.15, -0.1) is 0 Å². The van der Waals surface area contributed by atoms with E-state index in [2.05, 4.69) is 13.8 Å². The molecule has 0 bridgehead atoms. The van der Waals surface area contributed by atoms with Gasteiger partial charge in [-0.25, -0.2) is 8.78 Å². The first-order valence-corrected chi connectivity index (χ1v) is 17.7. The minimum atomic E-state index is -0.594. The van der Waals surface area contributed by atoms with Crippen LogP contribution in [0.2, 0.25) is 0 Å². The molecule has 0 fully saturated rings. The summed E-state index contributed by atoms with van der Waals surface area (Å²) in [7, 11) is 6.26. The lowest BCUT2D eigenvalue weighted by atomic mass is 9.81. The van der Waals surface area contributed by atoms with E-state index < -0.39 is 11.8 Å². The van der Waals surface area contributed by atoms with Crippen LogP contribution in [-0.2, 0) is 4.79 Å². The summed E-state index contributed by atoms with van der Waals surface area (Å²) in [5.74, 6) is 1.20. The minimum absolute atomic E-state index is 0.0510. The van der Waals surface area contributed by atoms with Gasteiger partial charge in [0.25, 0.3) is 0 Å². The highest BCUT2D eigenvalue weighted by Gasteiger charge is 2.33. The van der Waals surface area contributed by atoms with Gasteiger partial charge in [-0.05, 0) is 97.2 Å². The van der Waals surface area contributed by atoms with E-state index in [1.165, 1.54) is 24.3 Å². The van der Waals surface area contributed by atoms with Gasteiger partial charge in [0.15, 0.2) is 23.0 Å². The Labute approximate surface area is 307 Å². The molecule has 0 aliphatic heterocycles. The van der Waals surface area contributed by atoms with Crippen LogP contribution >= 0.6 is 0 Å². The third-order valence-corrected chi connectivity index (χ3v) is 9.93. The smallest absolute Gasteiger partial charge is 0.203 e. The number of rotatable bonds is 18. The third-order valence-electron chi connectivity index (χ3n) is 9.93. The predicted molar refractivity (Wildman–Crippen MR) is 200 cm³/mol. The summed E-state index contributed by atoms with van der Waals surface area (Å²) in [6.07, 6.45) is 1.33. The largest absolute Gasteiger partial charge is 0.493 e. The predicted octanol–water partition coefficient (Wildman–Crippen LogP) is 10.2. The zero-order chi connectivity index (χ0) is 38.1. The van der Waals surface area contributed by atoms with E-state index in [4.69, 9.17) is 28.4 Å². The molecule has 4 aromatic carbocycles. The molecule has 0 N–H and O–H groups in total. The van der Waals surface area contributed by atoms with Crippen LogP contribution in [0.3, 0.4) is 0 Å². The molecule has 0 aromatic heterocycles. The highest BCUT2D eigenvalue weighted by atomic mass is 19.1. The lowest BCUT2D eigenvalue weighted by molar-refractivity contribution is -0.121. The summed E-state index contributed by atoms with van der Waals surface area (Å²) in [4.78, 5) is 14.5. The fourth-order valence-electron chi connectivity index (χ4n) is 6.82. The average Bonchev–Trinajstić information content (AvgIpc) is 3.14. The maximum Gasteiger partial charge on any atom is 0.203 e. The molecule has 0 amide bonds. The van der Waals surface area contributed by atoms with Gasteiger partial charge in [0, 0.05) is 23.0 Å². The molecule has 0 heterocycles. The number of benzene rings is 4. The number of Topliss-reactive ketones (excluding diaryl/α,β-unsaturated/α-hetero) is 1. The molecule has 0 radical (unpaired) electrons. The van der Waals surface area contributed by atoms with Gasteiger partial charge in [0.05, 0.1) is 41.7 Å². The van der Waals surface area contributed by atoms with E-state index in [0.29, 0.717) is 71.7 Å². The van der Waals surface area contributed by atoms with Crippen molar-refractivity contribution < 1.29 is 42.0 Å². The lowest BCUT2D eigenvalue weighted by Crippen LogP contribution is -2.20. The Bertz CT molecular complexity index is 1670. The number of hydrogen-bond acceptors (Lipinski definition) is 7. The van der Waals surface area contributed by atoms with Crippen molar-refractivity contribution in [1.29, 1.82) is 0 Å². The Hall–Kier alpha value is -4.79. The second-order valence-corrected chi connectivity index (χ2v) is 13.4. The Morgan fingerprint density at radius 1 is 0.558 bits per heavy atom. The zero-order valence-corrected chi connectivity index (χ0v) is 32.0. The van der Waals surface area contributed by atoms with E-state index in [1.807, 2.05) is 39.8 Å². The molecule has 0 aliphatic carbocycles. The van der Waals surface area contributed by atoms with Gasteiger partial charge in [-0.3, -0.25) is 4.79 Å². The number of ether oxygens (including phenoxy) is 6. The van der Waals surface area contributed by atoms with E-state index in [-0.39, 0.29) is 29.3 Å². The number of ketones is 1. The average molecular weight is 719 g/mol. The van der Waals surface area contributed by atoms with Gasteiger partial charge in [-0.1, -0.05) is 52.0 Å². The van der Waals surface area contributed by atoms with Crippen molar-refractivity contribution in [2.75, 3.05) is 41.7 Å². The van der Waals surface area contributed by atoms with Crippen molar-refractivity contribution in [2.45, 2.75) is 78.1 Å². The Balaban J connectivity index is 1.60. The van der Waals surface area contributed by atoms with Crippen molar-refractivity contribution in [3.05, 3.63) is 106 Å². The molecule has 0 aliphatic rings. The third kappa shape index (κ3) is 8.98. The maximum atomic E-state index is 14.5. The van der Waals surface area contributed by atoms with Crippen molar-refractivity contribution in [3.63, 3.8) is 0 Å². The summed E-state index contributed by atoms with van der Waals surface area (Å²) in [6, 6.07) is 16.7. The van der Waals surface area contributed by atoms with Gasteiger partial charge in [0.2, 0.25) is 11.5 Å². The molecule has 0 saturated carbocycles. The highest BCUT2D eigenvalue weighted by molar-refractivity contribution is 5.93. The highest BCUT2D eigenvalue weighted by Crippen LogP contribution is 2.49. The quantitative estimate of drug-likeness (QED) is 0.101. The molecule has 4 unspecified atom stereocenters. The monoisotopic (exact) mass is 718 g/mol. The zero-order valence-electron chi connectivity index (χ0n) is 32.0. The standard InChI is InChI=1S/C43H52F2O7/c1-25(31-11-15-33(44)16-12-31)19-21-51-40-35(47-7)23-27(3)37(42(40)49-9)29(5)39(46)30(6)38-28(4)24-36(48-8)41(43(38)50-10)52-22-20-26(2)32-13-17-34(45)18-14-32/h11-18,23-26,29-30H,19-22H2,1-10H3. The van der Waals surface area contributed by atoms with E-state index in [9.17, 15) is 13.6 Å². The summed E-state index contributed by atoms with van der Waals surface area (Å²) in [5, 5.41) is 0. The summed E-state index contributed by atoms with van der Waals surface area (Å²) in [6.45, 7) is 12.4. The molecule has 0 spiro atoms. The maximum absolute atomic E-state index is 14.5. The second-order valence-electron chi connectivity index (χ2n) is 13.4. The number of hydrogen-bond donors (Lipinski definition) is 0. The van der Waals surface area contributed by atoms with Gasteiger partial charge >= 0.3 is 0 Å². The van der Waals surface area contributed by atoms with Crippen molar-refractivity contribution >= 4 is 5.78 Å². The topological polar surface area (TPSA) is 72.5 Å². The minimum Gasteiger partial charge on any atom is -0.493 e. The van der Waals surface area contributed by atoms with Crippen LogP contribution in [0, 0.1) is 25.5 Å². The molecular weight excluding hydrogens is 666 g/mol. The van der Waals surface area contributed by atoms with Crippen LogP contribution in [0.25, 0.3) is 0 Å². The first kappa shape index (κ1) is 40.0. The van der Waals surface area contributed by atoms with Crippen LogP contribution < -0.4 is 28.4 Å². The van der Waals surface area contributed by atoms with Crippen molar-refractivity contribution in [2.24, 2.45) is 0 Å². The van der Waals surface area contributed by atoms with Crippen molar-refractivity contribution in [3.8, 4) is 34.5 Å². The molecule has 280 valence electrons. The van der Waals surface area contributed by atoms with Gasteiger partial charge in [0.1, 0.15) is 17.4 Å². The van der Waals surface area contributed by atoms with Gasteiger partial charge in [-0.2, -0.15) is 0 Å². The Morgan fingerprint density at radius 3 is 1.21 bits per heavy atom. The van der Waals surface area contributed by atoms with Crippen LogP contribution in [-0.4, -0.2) is 47.4 Å². The second kappa shape index (κ2) is 18.1. The molecule has 4 atom stereocenters.